The molecule has 222 valence electrons. The largest absolute Gasteiger partial charge is 0.547 e. The average molecular weight is 605 g/mol. The second-order valence-corrected chi connectivity index (χ2v) is 10.9. The molecule has 1 unspecified atom stereocenters. The van der Waals surface area contributed by atoms with Crippen LogP contribution in [0.15, 0.2) is 41.3 Å². The van der Waals surface area contributed by atoms with Crippen LogP contribution in [0, 0.1) is 5.82 Å². The van der Waals surface area contributed by atoms with E-state index in [0.717, 1.165) is 18.2 Å². The van der Waals surface area contributed by atoms with Gasteiger partial charge in [-0.05, 0) is 42.7 Å². The minimum atomic E-state index is -4.10. The van der Waals surface area contributed by atoms with Crippen molar-refractivity contribution in [3.63, 3.8) is 0 Å². The second kappa shape index (κ2) is 11.7. The van der Waals surface area contributed by atoms with Crippen LogP contribution in [0.4, 0.5) is 9.18 Å². The molecule has 4 rings (SSSR count). The predicted octanol–water partition coefficient (Wildman–Crippen LogP) is -1.25. The Hall–Kier alpha value is -4.55. The van der Waals surface area contributed by atoms with E-state index in [0.29, 0.717) is 4.90 Å². The van der Waals surface area contributed by atoms with Gasteiger partial charge in [-0.15, -0.1) is 0 Å². The second-order valence-electron chi connectivity index (χ2n) is 9.38. The van der Waals surface area contributed by atoms with Gasteiger partial charge in [-0.25, -0.2) is 27.5 Å². The Morgan fingerprint density at radius 3 is 2.40 bits per heavy atom. The fourth-order valence-electron chi connectivity index (χ4n) is 4.55. The van der Waals surface area contributed by atoms with Crippen LogP contribution < -0.4 is 20.4 Å². The molecule has 0 bridgehead atoms. The molecule has 2 atom stereocenters. The number of urea groups is 1. The first-order valence-electron chi connectivity index (χ1n) is 12.5. The average Bonchev–Trinajstić information content (AvgIpc) is 2.93. The van der Waals surface area contributed by atoms with Gasteiger partial charge in [-0.2, -0.15) is 0 Å². The van der Waals surface area contributed by atoms with Gasteiger partial charge in [0.25, 0.3) is 0 Å². The van der Waals surface area contributed by atoms with Gasteiger partial charge >= 0.3 is 30.9 Å². The fraction of sp³-hybridized carbons (Fsp3) is 0.292. The monoisotopic (exact) mass is 605 g/mol. The van der Waals surface area contributed by atoms with Gasteiger partial charge in [0.15, 0.2) is 0 Å². The number of likely N-dealkylation sites (N-methyl/N-ethyl adjacent to an activating group) is 1. The number of hydrogen-bond acceptors (Lipinski definition) is 9. The third-order valence-corrected chi connectivity index (χ3v) is 7.69. The minimum Gasteiger partial charge on any atom is -0.534 e. The highest BCUT2D eigenvalue weighted by molar-refractivity contribution is 7.89. The maximum absolute atomic E-state index is 14.1. The van der Waals surface area contributed by atoms with E-state index < -0.39 is 76.0 Å². The van der Waals surface area contributed by atoms with Crippen LogP contribution in [-0.4, -0.2) is 90.8 Å². The van der Waals surface area contributed by atoms with Gasteiger partial charge in [0.1, 0.15) is 23.2 Å². The summed E-state index contributed by atoms with van der Waals surface area (Å²) in [4.78, 5) is 64.4. The number of rotatable bonds is 7. The molecule has 15 nitrogen and oxygen atoms in total. The first-order chi connectivity index (χ1) is 19.7. The van der Waals surface area contributed by atoms with Gasteiger partial charge in [0, 0.05) is 19.6 Å². The Morgan fingerprint density at radius 1 is 1.14 bits per heavy atom. The number of sulfonamides is 1. The molecule has 2 aliphatic rings. The van der Waals surface area contributed by atoms with E-state index in [1.807, 2.05) is 0 Å². The Bertz CT molecular complexity index is 1570. The highest BCUT2D eigenvalue weighted by atomic mass is 32.2. The maximum Gasteiger partial charge on any atom is 0.547 e. The summed E-state index contributed by atoms with van der Waals surface area (Å²) in [6.07, 6.45) is -0.195. The number of carboxylic acids is 1. The minimum absolute atomic E-state index is 0.0427. The van der Waals surface area contributed by atoms with Crippen molar-refractivity contribution in [1.82, 2.24) is 20.4 Å². The molecule has 0 spiro atoms. The number of nitrogens with two attached hydrogens (primary N) is 1. The van der Waals surface area contributed by atoms with Crippen molar-refractivity contribution in [1.29, 1.82) is 0 Å². The van der Waals surface area contributed by atoms with Crippen molar-refractivity contribution in [2.75, 3.05) is 19.6 Å². The number of carboxylic acid groups (broad SMARTS) is 1. The molecular formula is C24H25BFN5O10S. The van der Waals surface area contributed by atoms with Crippen molar-refractivity contribution in [2.45, 2.75) is 30.2 Å². The number of nitrogens with zero attached hydrogens (tertiary/aromatic N) is 2. The number of primary sulfonamides is 1. The Morgan fingerprint density at radius 2 is 1.81 bits per heavy atom. The smallest absolute Gasteiger partial charge is 0.534 e. The van der Waals surface area contributed by atoms with Crippen LogP contribution in [0.3, 0.4) is 0 Å². The molecule has 2 aromatic carbocycles. The van der Waals surface area contributed by atoms with Crippen LogP contribution in [0.25, 0.3) is 0 Å². The zero-order chi connectivity index (χ0) is 30.9. The SMILES string of the molecule is CCN1CCN(C(=O)NC(C(=O)N[C@H]2Cc3ccc(F)c(C(=O)O)c3OB2O)c2ccc(S(N)(=O)=O)cc2)C(=O)C1=O. The summed E-state index contributed by atoms with van der Waals surface area (Å²) in [5.74, 6) is -7.30. The molecule has 0 aromatic heterocycles. The number of hydrogen-bond donors (Lipinski definition) is 5. The molecule has 2 aliphatic heterocycles. The Labute approximate surface area is 238 Å². The van der Waals surface area contributed by atoms with Crippen LogP contribution >= 0.6 is 0 Å². The van der Waals surface area contributed by atoms with Gasteiger partial charge in [0.2, 0.25) is 15.9 Å². The van der Waals surface area contributed by atoms with Crippen LogP contribution in [0.5, 0.6) is 5.75 Å². The third kappa shape index (κ3) is 6.04. The number of halogens is 1. The summed E-state index contributed by atoms with van der Waals surface area (Å²) in [5, 5.41) is 29.8. The number of carbonyl (C=O) groups is 5. The molecular weight excluding hydrogens is 580 g/mol. The number of aromatic carboxylic acids is 1. The van der Waals surface area contributed by atoms with E-state index in [9.17, 15) is 46.9 Å². The van der Waals surface area contributed by atoms with Crippen LogP contribution in [0.2, 0.25) is 0 Å². The van der Waals surface area contributed by atoms with Crippen LogP contribution in [0.1, 0.15) is 34.5 Å². The molecule has 1 fully saturated rings. The zero-order valence-corrected chi connectivity index (χ0v) is 22.8. The van der Waals surface area contributed by atoms with E-state index in [-0.39, 0.29) is 42.1 Å². The third-order valence-electron chi connectivity index (χ3n) is 6.76. The predicted molar refractivity (Wildman–Crippen MR) is 141 cm³/mol. The molecule has 0 aliphatic carbocycles. The topological polar surface area (TPSA) is 226 Å². The molecule has 2 heterocycles. The highest BCUT2D eigenvalue weighted by Gasteiger charge is 2.41. The highest BCUT2D eigenvalue weighted by Crippen LogP contribution is 2.32. The van der Waals surface area contributed by atoms with E-state index in [4.69, 9.17) is 9.79 Å². The fourth-order valence-corrected chi connectivity index (χ4v) is 5.06. The van der Waals surface area contributed by atoms with Gasteiger partial charge in [-0.3, -0.25) is 19.3 Å². The van der Waals surface area contributed by atoms with Gasteiger partial charge < -0.3 is 30.3 Å². The number of benzene rings is 2. The van der Waals surface area contributed by atoms with Gasteiger partial charge in [0.05, 0.1) is 10.8 Å². The molecule has 18 heteroatoms. The number of fused-ring (bicyclic) bond motifs is 1. The normalized spacial score (nSPS) is 17.7. The number of piperazine rings is 1. The number of nitrogens with one attached hydrogen (secondary N) is 2. The van der Waals surface area contributed by atoms with Crippen molar-refractivity contribution in [3.8, 4) is 5.75 Å². The molecule has 2 aromatic rings. The van der Waals surface area contributed by atoms with E-state index >= 15 is 0 Å². The van der Waals surface area contributed by atoms with Crippen molar-refractivity contribution < 1.29 is 51.6 Å². The Balaban J connectivity index is 1.60. The lowest BCUT2D eigenvalue weighted by molar-refractivity contribution is -0.153. The summed E-state index contributed by atoms with van der Waals surface area (Å²) in [7, 11) is -5.93. The number of imide groups is 1. The maximum atomic E-state index is 14.1. The first kappa shape index (κ1) is 30.4. The number of amides is 5. The summed E-state index contributed by atoms with van der Waals surface area (Å²) in [6.45, 7) is 1.82. The quantitative estimate of drug-likeness (QED) is 0.186. The summed E-state index contributed by atoms with van der Waals surface area (Å²) in [5.41, 5.74) is -0.583. The first-order valence-corrected chi connectivity index (χ1v) is 14.0. The number of carbonyl (C=O) groups excluding carboxylic acids is 4. The molecule has 6 N–H and O–H groups in total. The summed E-state index contributed by atoms with van der Waals surface area (Å²) < 4.78 is 42.7. The van der Waals surface area contributed by atoms with Gasteiger partial charge in [-0.1, -0.05) is 18.2 Å². The lowest BCUT2D eigenvalue weighted by Crippen LogP contribution is -2.60. The molecule has 42 heavy (non-hydrogen) atoms. The van der Waals surface area contributed by atoms with Crippen molar-refractivity contribution in [2.24, 2.45) is 5.14 Å². The molecule has 5 amide bonds. The van der Waals surface area contributed by atoms with E-state index in [1.54, 1.807) is 6.92 Å². The standard InChI is InChI=1S/C24H25BFN5O10S/c1-2-30-9-10-31(22(34)21(30)33)24(37)29-18(12-3-6-14(7-4-12)42(27,39)40)20(32)28-16-11-13-5-8-15(26)17(23(35)36)19(13)41-25(16)38/h3-8,16,18,38H,2,9-11H2,1H3,(H,28,32)(H,29,37)(H,35,36)(H2,27,39,40)/t16-,18?/m0/s1. The molecule has 0 radical (unpaired) electrons. The molecule has 0 saturated carbocycles. The lowest BCUT2D eigenvalue weighted by Gasteiger charge is -2.33. The lowest BCUT2D eigenvalue weighted by atomic mass is 9.72. The van der Waals surface area contributed by atoms with Crippen LogP contribution in [-0.2, 0) is 30.8 Å². The summed E-state index contributed by atoms with van der Waals surface area (Å²) >= 11 is 0. The summed E-state index contributed by atoms with van der Waals surface area (Å²) in [6, 6.07) is 4.00. The molecule has 1 saturated heterocycles. The van der Waals surface area contributed by atoms with Crippen molar-refractivity contribution in [3.05, 3.63) is 58.9 Å². The van der Waals surface area contributed by atoms with E-state index in [1.165, 1.54) is 23.1 Å². The zero-order valence-electron chi connectivity index (χ0n) is 21.9. The van der Waals surface area contributed by atoms with E-state index in [2.05, 4.69) is 10.6 Å². The Kier molecular flexibility index (Phi) is 8.51. The van der Waals surface area contributed by atoms with Crippen molar-refractivity contribution >= 4 is 46.9 Å².